The van der Waals surface area contributed by atoms with Crippen LogP contribution in [0, 0.1) is 13.7 Å². The molecule has 0 spiro atoms. The zero-order chi connectivity index (χ0) is 14.5. The summed E-state index contributed by atoms with van der Waals surface area (Å²) < 4.78 is 6.03. The Morgan fingerprint density at radius 2 is 1.95 bits per heavy atom. The van der Waals surface area contributed by atoms with Gasteiger partial charge in [-0.2, -0.15) is 0 Å². The number of nitrogens with zero attached hydrogens (tertiary/aromatic N) is 1. The number of rotatable bonds is 4. The van der Waals surface area contributed by atoms with Gasteiger partial charge in [0.2, 0.25) is 0 Å². The molecule has 0 saturated heterocycles. The van der Waals surface area contributed by atoms with E-state index in [4.69, 9.17) is 4.74 Å². The SMILES string of the molecule is O=C(OCc1ccccc1[N+](=O)[O-])c1cccc(I)c1. The van der Waals surface area contributed by atoms with Crippen LogP contribution < -0.4 is 0 Å². The summed E-state index contributed by atoms with van der Waals surface area (Å²) in [6.45, 7) is -0.124. The van der Waals surface area contributed by atoms with Crippen molar-refractivity contribution < 1.29 is 14.5 Å². The average Bonchev–Trinajstić information content (AvgIpc) is 2.45. The van der Waals surface area contributed by atoms with Crippen molar-refractivity contribution >= 4 is 34.2 Å². The zero-order valence-corrected chi connectivity index (χ0v) is 12.4. The molecule has 0 unspecified atom stereocenters. The first kappa shape index (κ1) is 14.4. The smallest absolute Gasteiger partial charge is 0.338 e. The van der Waals surface area contributed by atoms with Crippen molar-refractivity contribution in [3.8, 4) is 0 Å². The van der Waals surface area contributed by atoms with Gasteiger partial charge in [0, 0.05) is 9.64 Å². The molecule has 0 aliphatic rings. The molecule has 20 heavy (non-hydrogen) atoms. The summed E-state index contributed by atoms with van der Waals surface area (Å²) in [5, 5.41) is 10.8. The normalized spacial score (nSPS) is 10.1. The summed E-state index contributed by atoms with van der Waals surface area (Å²) in [6.07, 6.45) is 0. The van der Waals surface area contributed by atoms with Crippen LogP contribution in [0.25, 0.3) is 0 Å². The molecule has 0 aliphatic heterocycles. The van der Waals surface area contributed by atoms with Gasteiger partial charge >= 0.3 is 5.97 Å². The van der Waals surface area contributed by atoms with E-state index in [2.05, 4.69) is 22.6 Å². The molecule has 0 radical (unpaired) electrons. The molecule has 2 rings (SSSR count). The van der Waals surface area contributed by atoms with Gasteiger partial charge < -0.3 is 4.74 Å². The Bertz CT molecular complexity index is 657. The van der Waals surface area contributed by atoms with E-state index in [1.165, 1.54) is 6.07 Å². The van der Waals surface area contributed by atoms with Gasteiger partial charge in [-0.3, -0.25) is 10.1 Å². The second-order valence-corrected chi connectivity index (χ2v) is 5.22. The number of para-hydroxylation sites is 1. The van der Waals surface area contributed by atoms with Crippen LogP contribution in [0.4, 0.5) is 5.69 Å². The van der Waals surface area contributed by atoms with E-state index in [0.717, 1.165) is 3.57 Å². The van der Waals surface area contributed by atoms with Crippen LogP contribution in [0.5, 0.6) is 0 Å². The highest BCUT2D eigenvalue weighted by molar-refractivity contribution is 14.1. The van der Waals surface area contributed by atoms with Gasteiger partial charge in [-0.15, -0.1) is 0 Å². The Hall–Kier alpha value is -1.96. The summed E-state index contributed by atoms with van der Waals surface area (Å²) in [5.41, 5.74) is 0.745. The summed E-state index contributed by atoms with van der Waals surface area (Å²) in [4.78, 5) is 22.2. The molecular weight excluding hydrogens is 373 g/mol. The third kappa shape index (κ3) is 3.53. The maximum Gasteiger partial charge on any atom is 0.338 e. The Balaban J connectivity index is 2.09. The molecule has 6 heteroatoms. The summed E-state index contributed by atoms with van der Waals surface area (Å²) in [7, 11) is 0. The molecule has 0 saturated carbocycles. The summed E-state index contributed by atoms with van der Waals surface area (Å²) in [5.74, 6) is -0.498. The minimum absolute atomic E-state index is 0.0528. The standard InChI is InChI=1S/C14H10INO4/c15-12-6-3-5-10(8-12)14(17)20-9-11-4-1-2-7-13(11)16(18)19/h1-8H,9H2. The number of halogens is 1. The van der Waals surface area contributed by atoms with Crippen molar-refractivity contribution in [3.05, 3.63) is 73.3 Å². The molecule has 0 bridgehead atoms. The third-order valence-corrected chi connectivity index (χ3v) is 3.28. The molecule has 2 aromatic carbocycles. The van der Waals surface area contributed by atoms with E-state index in [1.54, 1.807) is 36.4 Å². The Kier molecular flexibility index (Phi) is 4.67. The minimum atomic E-state index is -0.498. The molecule has 0 atom stereocenters. The molecule has 0 N–H and O–H groups in total. The van der Waals surface area contributed by atoms with Crippen LogP contribution in [0.15, 0.2) is 48.5 Å². The minimum Gasteiger partial charge on any atom is -0.457 e. The lowest BCUT2D eigenvalue weighted by Crippen LogP contribution is -2.06. The first-order chi connectivity index (χ1) is 9.58. The Morgan fingerprint density at radius 3 is 2.65 bits per heavy atom. The van der Waals surface area contributed by atoms with Crippen LogP contribution in [0.1, 0.15) is 15.9 Å². The van der Waals surface area contributed by atoms with Gasteiger partial charge in [0.1, 0.15) is 6.61 Å². The molecule has 0 heterocycles. The van der Waals surface area contributed by atoms with Gasteiger partial charge in [0.25, 0.3) is 5.69 Å². The fourth-order valence-electron chi connectivity index (χ4n) is 1.65. The fourth-order valence-corrected chi connectivity index (χ4v) is 2.20. The number of ether oxygens (including phenoxy) is 1. The van der Waals surface area contributed by atoms with Crippen LogP contribution in [0.2, 0.25) is 0 Å². The third-order valence-electron chi connectivity index (χ3n) is 2.61. The van der Waals surface area contributed by atoms with E-state index < -0.39 is 10.9 Å². The van der Waals surface area contributed by atoms with Gasteiger partial charge in [0.15, 0.2) is 0 Å². The monoisotopic (exact) mass is 383 g/mol. The van der Waals surface area contributed by atoms with Crippen molar-refractivity contribution in [1.82, 2.24) is 0 Å². The first-order valence-electron chi connectivity index (χ1n) is 5.73. The van der Waals surface area contributed by atoms with E-state index in [-0.39, 0.29) is 12.3 Å². The van der Waals surface area contributed by atoms with Gasteiger partial charge in [-0.1, -0.05) is 18.2 Å². The lowest BCUT2D eigenvalue weighted by atomic mass is 10.2. The van der Waals surface area contributed by atoms with Crippen molar-refractivity contribution in [2.75, 3.05) is 0 Å². The van der Waals surface area contributed by atoms with Crippen LogP contribution in [-0.2, 0) is 11.3 Å². The molecule has 0 aromatic heterocycles. The average molecular weight is 383 g/mol. The topological polar surface area (TPSA) is 69.4 Å². The van der Waals surface area contributed by atoms with Gasteiger partial charge in [0.05, 0.1) is 16.1 Å². The summed E-state index contributed by atoms with van der Waals surface area (Å²) >= 11 is 2.10. The number of carbonyl (C=O) groups is 1. The molecule has 0 amide bonds. The van der Waals surface area contributed by atoms with Gasteiger partial charge in [-0.05, 0) is 46.9 Å². The lowest BCUT2D eigenvalue weighted by molar-refractivity contribution is -0.385. The van der Waals surface area contributed by atoms with E-state index >= 15 is 0 Å². The van der Waals surface area contributed by atoms with E-state index in [1.807, 2.05) is 6.07 Å². The van der Waals surface area contributed by atoms with E-state index in [0.29, 0.717) is 11.1 Å². The second-order valence-electron chi connectivity index (χ2n) is 3.97. The highest BCUT2D eigenvalue weighted by atomic mass is 127. The van der Waals surface area contributed by atoms with Gasteiger partial charge in [-0.25, -0.2) is 4.79 Å². The molecule has 0 fully saturated rings. The first-order valence-corrected chi connectivity index (χ1v) is 6.81. The van der Waals surface area contributed by atoms with Crippen molar-refractivity contribution in [3.63, 3.8) is 0 Å². The van der Waals surface area contributed by atoms with E-state index in [9.17, 15) is 14.9 Å². The molecule has 0 aliphatic carbocycles. The number of nitro groups is 1. The fraction of sp³-hybridized carbons (Fsp3) is 0.0714. The van der Waals surface area contributed by atoms with Crippen LogP contribution in [0.3, 0.4) is 0 Å². The van der Waals surface area contributed by atoms with Crippen molar-refractivity contribution in [1.29, 1.82) is 0 Å². The molecular formula is C14H10INO4. The highest BCUT2D eigenvalue weighted by Gasteiger charge is 2.14. The Morgan fingerprint density at radius 1 is 1.20 bits per heavy atom. The summed E-state index contributed by atoms with van der Waals surface area (Å²) in [6, 6.07) is 13.1. The maximum absolute atomic E-state index is 11.9. The lowest BCUT2D eigenvalue weighted by Gasteiger charge is -2.05. The molecule has 2 aromatic rings. The second kappa shape index (κ2) is 6.47. The number of hydrogen-bond donors (Lipinski definition) is 0. The molecule has 5 nitrogen and oxygen atoms in total. The number of nitro benzene ring substituents is 1. The quantitative estimate of drug-likeness (QED) is 0.351. The molecule has 102 valence electrons. The predicted molar refractivity (Wildman–Crippen MR) is 81.4 cm³/mol. The Labute approximate surface area is 128 Å². The van der Waals surface area contributed by atoms with Crippen LogP contribution in [-0.4, -0.2) is 10.9 Å². The number of hydrogen-bond acceptors (Lipinski definition) is 4. The zero-order valence-electron chi connectivity index (χ0n) is 10.3. The largest absolute Gasteiger partial charge is 0.457 e. The van der Waals surface area contributed by atoms with Crippen LogP contribution >= 0.6 is 22.6 Å². The number of benzene rings is 2. The number of carbonyl (C=O) groups excluding carboxylic acids is 1. The maximum atomic E-state index is 11.9. The van der Waals surface area contributed by atoms with Crippen molar-refractivity contribution in [2.24, 2.45) is 0 Å². The van der Waals surface area contributed by atoms with Crippen molar-refractivity contribution in [2.45, 2.75) is 6.61 Å². The highest BCUT2D eigenvalue weighted by Crippen LogP contribution is 2.19. The predicted octanol–water partition coefficient (Wildman–Crippen LogP) is 3.56. The number of esters is 1.